The van der Waals surface area contributed by atoms with E-state index in [1.807, 2.05) is 31.2 Å². The number of hydrogen-bond acceptors (Lipinski definition) is 4. The van der Waals surface area contributed by atoms with E-state index in [4.69, 9.17) is 0 Å². The number of Topliss-reactive ketones (excluding diaryl/α,β-unsaturated/α-hetero) is 1. The molecule has 0 bridgehead atoms. The van der Waals surface area contributed by atoms with E-state index >= 15 is 0 Å². The molecular formula is C14H12N4O2. The van der Waals surface area contributed by atoms with Crippen LogP contribution in [-0.4, -0.2) is 28.4 Å². The fourth-order valence-electron chi connectivity index (χ4n) is 3.23. The van der Waals surface area contributed by atoms with Crippen molar-refractivity contribution in [2.75, 3.05) is 17.2 Å². The Balaban J connectivity index is 2.12. The van der Waals surface area contributed by atoms with Crippen LogP contribution in [-0.2, 0) is 15.0 Å². The van der Waals surface area contributed by atoms with Gasteiger partial charge in [-0.15, -0.1) is 0 Å². The molecule has 20 heavy (non-hydrogen) atoms. The number of carbonyl (C=O) groups is 2. The van der Waals surface area contributed by atoms with Gasteiger partial charge in [-0.05, 0) is 13.0 Å². The molecule has 100 valence electrons. The molecule has 1 atom stereocenters. The molecule has 1 spiro atoms. The van der Waals surface area contributed by atoms with Gasteiger partial charge in [0, 0.05) is 22.5 Å². The Labute approximate surface area is 114 Å². The van der Waals surface area contributed by atoms with Crippen molar-refractivity contribution in [3.63, 3.8) is 0 Å². The predicted molar refractivity (Wildman–Crippen MR) is 72.7 cm³/mol. The van der Waals surface area contributed by atoms with E-state index in [1.54, 1.807) is 0 Å². The molecule has 2 aromatic rings. The van der Waals surface area contributed by atoms with Crippen LogP contribution in [0.15, 0.2) is 24.3 Å². The minimum Gasteiger partial charge on any atom is -0.361 e. The Morgan fingerprint density at radius 3 is 2.90 bits per heavy atom. The zero-order valence-corrected chi connectivity index (χ0v) is 10.8. The zero-order chi connectivity index (χ0) is 13.9. The molecule has 0 radical (unpaired) electrons. The van der Waals surface area contributed by atoms with Gasteiger partial charge in [-0.3, -0.25) is 14.7 Å². The minimum absolute atomic E-state index is 0.0963. The van der Waals surface area contributed by atoms with Crippen molar-refractivity contribution in [2.24, 2.45) is 0 Å². The third-order valence-electron chi connectivity index (χ3n) is 4.08. The third-order valence-corrected chi connectivity index (χ3v) is 4.08. The number of nitrogens with one attached hydrogen (secondary N) is 3. The van der Waals surface area contributed by atoms with Crippen molar-refractivity contribution in [1.29, 1.82) is 0 Å². The maximum Gasteiger partial charge on any atom is 0.247 e. The molecule has 6 heteroatoms. The molecule has 3 heterocycles. The maximum atomic E-state index is 12.6. The number of rotatable bonds is 0. The highest BCUT2D eigenvalue weighted by Crippen LogP contribution is 2.48. The van der Waals surface area contributed by atoms with E-state index in [-0.39, 0.29) is 18.2 Å². The van der Waals surface area contributed by atoms with E-state index in [2.05, 4.69) is 20.8 Å². The van der Waals surface area contributed by atoms with Gasteiger partial charge >= 0.3 is 0 Å². The first-order valence-electron chi connectivity index (χ1n) is 6.39. The number of amides is 1. The third kappa shape index (κ3) is 1.07. The first-order chi connectivity index (χ1) is 9.65. The summed E-state index contributed by atoms with van der Waals surface area (Å²) in [4.78, 5) is 25.3. The number of nitrogens with zero attached hydrogens (tertiary/aromatic N) is 1. The first kappa shape index (κ1) is 11.2. The van der Waals surface area contributed by atoms with Crippen molar-refractivity contribution in [2.45, 2.75) is 12.3 Å². The molecule has 1 aromatic heterocycles. The number of aryl methyl sites for hydroxylation is 1. The number of ketones is 1. The van der Waals surface area contributed by atoms with E-state index in [9.17, 15) is 9.59 Å². The summed E-state index contributed by atoms with van der Waals surface area (Å²) in [6, 6.07) is 7.32. The summed E-state index contributed by atoms with van der Waals surface area (Å²) >= 11 is 0. The molecule has 0 saturated heterocycles. The lowest BCUT2D eigenvalue weighted by molar-refractivity contribution is -0.130. The molecule has 6 nitrogen and oxygen atoms in total. The molecule has 2 aliphatic heterocycles. The Hall–Kier alpha value is -2.63. The summed E-state index contributed by atoms with van der Waals surface area (Å²) in [7, 11) is 0. The largest absolute Gasteiger partial charge is 0.361 e. The van der Waals surface area contributed by atoms with Gasteiger partial charge in [-0.25, -0.2) is 0 Å². The highest BCUT2D eigenvalue weighted by atomic mass is 16.2. The predicted octanol–water partition coefficient (Wildman–Crippen LogP) is 0.951. The number of aromatic amines is 1. The van der Waals surface area contributed by atoms with Gasteiger partial charge in [0.15, 0.2) is 17.0 Å². The van der Waals surface area contributed by atoms with Crippen LogP contribution in [0, 0.1) is 6.92 Å². The number of carbonyl (C=O) groups excluding carboxylic acids is 2. The van der Waals surface area contributed by atoms with Gasteiger partial charge in [0.05, 0.1) is 6.54 Å². The number of aromatic nitrogens is 2. The van der Waals surface area contributed by atoms with Crippen LogP contribution in [0.3, 0.4) is 0 Å². The lowest BCUT2D eigenvalue weighted by Gasteiger charge is -2.30. The average Bonchev–Trinajstić information content (AvgIpc) is 2.95. The van der Waals surface area contributed by atoms with Crippen molar-refractivity contribution in [1.82, 2.24) is 10.2 Å². The molecular weight excluding hydrogens is 256 g/mol. The Kier molecular flexibility index (Phi) is 1.95. The molecule has 2 aliphatic rings. The minimum atomic E-state index is -1.27. The van der Waals surface area contributed by atoms with Crippen molar-refractivity contribution in [3.8, 4) is 0 Å². The Morgan fingerprint density at radius 1 is 1.25 bits per heavy atom. The standard InChI is InChI=1S/C14H12N4O2/c1-7-11-12(18-17-7)15-6-10(19)14(11)8-4-2-3-5-9(8)16-13(14)20/h2-5H,6H2,1H3,(H,16,20)(H2,15,17,18)/t14-/m1/s1. The van der Waals surface area contributed by atoms with Crippen LogP contribution < -0.4 is 10.6 Å². The second kappa shape index (κ2) is 3.47. The topological polar surface area (TPSA) is 86.9 Å². The average molecular weight is 268 g/mol. The highest BCUT2D eigenvalue weighted by molar-refractivity contribution is 6.26. The smallest absolute Gasteiger partial charge is 0.247 e. The molecule has 4 rings (SSSR count). The first-order valence-corrected chi connectivity index (χ1v) is 6.39. The molecule has 0 fully saturated rings. The fraction of sp³-hybridized carbons (Fsp3) is 0.214. The number of fused-ring (bicyclic) bond motifs is 4. The van der Waals surface area contributed by atoms with E-state index in [0.717, 1.165) is 5.69 Å². The highest BCUT2D eigenvalue weighted by Gasteiger charge is 2.58. The lowest BCUT2D eigenvalue weighted by atomic mass is 9.70. The Bertz CT molecular complexity index is 764. The van der Waals surface area contributed by atoms with Gasteiger partial charge in [0.25, 0.3) is 0 Å². The Morgan fingerprint density at radius 2 is 2.05 bits per heavy atom. The van der Waals surface area contributed by atoms with Gasteiger partial charge < -0.3 is 10.6 Å². The SMILES string of the molecule is Cc1[nH]nc2c1[C@@]1(C(=O)CN2)C(=O)Nc2ccccc21. The normalized spacial score (nSPS) is 23.2. The summed E-state index contributed by atoms with van der Waals surface area (Å²) in [6.07, 6.45) is 0. The zero-order valence-electron chi connectivity index (χ0n) is 10.8. The van der Waals surface area contributed by atoms with Gasteiger partial charge in [-0.1, -0.05) is 18.2 Å². The van der Waals surface area contributed by atoms with Crippen molar-refractivity contribution < 1.29 is 9.59 Å². The lowest BCUT2D eigenvalue weighted by Crippen LogP contribution is -2.49. The molecule has 3 N–H and O–H groups in total. The van der Waals surface area contributed by atoms with E-state index in [1.165, 1.54) is 0 Å². The number of benzene rings is 1. The number of anilines is 2. The maximum absolute atomic E-state index is 12.6. The summed E-state index contributed by atoms with van der Waals surface area (Å²) in [6.45, 7) is 1.92. The van der Waals surface area contributed by atoms with Crippen LogP contribution in [0.2, 0.25) is 0 Å². The molecule has 0 aliphatic carbocycles. The summed E-state index contributed by atoms with van der Waals surface area (Å²) < 4.78 is 0. The number of hydrogen-bond donors (Lipinski definition) is 3. The van der Waals surface area contributed by atoms with Crippen LogP contribution in [0.1, 0.15) is 16.8 Å². The fourth-order valence-corrected chi connectivity index (χ4v) is 3.23. The van der Waals surface area contributed by atoms with Gasteiger partial charge in [-0.2, -0.15) is 5.10 Å². The second-order valence-corrected chi connectivity index (χ2v) is 5.10. The molecule has 1 amide bonds. The van der Waals surface area contributed by atoms with Crippen molar-refractivity contribution >= 4 is 23.2 Å². The van der Waals surface area contributed by atoms with Crippen LogP contribution in [0.5, 0.6) is 0 Å². The number of para-hydroxylation sites is 1. The van der Waals surface area contributed by atoms with Crippen molar-refractivity contribution in [3.05, 3.63) is 41.1 Å². The summed E-state index contributed by atoms with van der Waals surface area (Å²) in [5.74, 6) is 0.127. The van der Waals surface area contributed by atoms with E-state index < -0.39 is 5.41 Å². The molecule has 1 aromatic carbocycles. The summed E-state index contributed by atoms with van der Waals surface area (Å²) in [5, 5.41) is 12.8. The monoisotopic (exact) mass is 268 g/mol. The number of H-pyrrole nitrogens is 1. The quantitative estimate of drug-likeness (QED) is 0.621. The van der Waals surface area contributed by atoms with E-state index in [0.29, 0.717) is 22.6 Å². The molecule has 0 saturated carbocycles. The molecule has 0 unspecified atom stereocenters. The van der Waals surface area contributed by atoms with Crippen LogP contribution >= 0.6 is 0 Å². The van der Waals surface area contributed by atoms with Gasteiger partial charge in [0.2, 0.25) is 5.91 Å². The van der Waals surface area contributed by atoms with Crippen LogP contribution in [0.25, 0.3) is 0 Å². The van der Waals surface area contributed by atoms with Gasteiger partial charge in [0.1, 0.15) is 0 Å². The van der Waals surface area contributed by atoms with Crippen LogP contribution in [0.4, 0.5) is 11.5 Å². The summed E-state index contributed by atoms with van der Waals surface area (Å²) in [5.41, 5.74) is 1.50. The second-order valence-electron chi connectivity index (χ2n) is 5.10.